The monoisotopic (exact) mass is 438 g/mol. The molecule has 27 heavy (non-hydrogen) atoms. The van der Waals surface area contributed by atoms with Gasteiger partial charge in [-0.15, -0.1) is 11.3 Å². The molecule has 0 aliphatic carbocycles. The summed E-state index contributed by atoms with van der Waals surface area (Å²) in [4.78, 5) is 9.61. The molecule has 0 fully saturated rings. The number of aromatic nitrogens is 2. The number of hydrazone groups is 1. The molecule has 5 nitrogen and oxygen atoms in total. The average Bonchev–Trinajstić information content (AvgIpc) is 3.09. The summed E-state index contributed by atoms with van der Waals surface area (Å²) in [5, 5.41) is 17.2. The first-order valence-corrected chi connectivity index (χ1v) is 9.86. The third-order valence-electron chi connectivity index (χ3n) is 4.10. The van der Waals surface area contributed by atoms with E-state index in [0.717, 1.165) is 25.8 Å². The molecule has 0 aliphatic heterocycles. The molecule has 0 spiro atoms. The lowest BCUT2D eigenvalue weighted by molar-refractivity contribution is 0.474. The summed E-state index contributed by atoms with van der Waals surface area (Å²) in [7, 11) is 0. The zero-order valence-corrected chi connectivity index (χ0v) is 16.8. The molecule has 134 valence electrons. The fourth-order valence-corrected chi connectivity index (χ4v) is 3.96. The van der Waals surface area contributed by atoms with Gasteiger partial charge >= 0.3 is 0 Å². The predicted molar refractivity (Wildman–Crippen MR) is 115 cm³/mol. The number of rotatable bonds is 4. The number of benzene rings is 2. The van der Waals surface area contributed by atoms with Gasteiger partial charge in [0.1, 0.15) is 16.9 Å². The molecule has 2 heterocycles. The molecule has 0 saturated heterocycles. The second kappa shape index (κ2) is 7.46. The van der Waals surface area contributed by atoms with Crippen molar-refractivity contribution in [2.75, 3.05) is 5.43 Å². The SMILES string of the molecule is Cc1ccc(-c2csc3ncnc(N/N=C/c4ccc(Br)cc4O)c23)cc1. The van der Waals surface area contributed by atoms with Crippen LogP contribution in [0.25, 0.3) is 21.3 Å². The lowest BCUT2D eigenvalue weighted by atomic mass is 10.0. The van der Waals surface area contributed by atoms with Gasteiger partial charge in [0.15, 0.2) is 5.82 Å². The van der Waals surface area contributed by atoms with E-state index in [4.69, 9.17) is 0 Å². The number of hydrogen-bond donors (Lipinski definition) is 2. The van der Waals surface area contributed by atoms with Gasteiger partial charge in [-0.25, -0.2) is 9.97 Å². The molecule has 2 aromatic carbocycles. The minimum Gasteiger partial charge on any atom is -0.507 e. The standard InChI is InChI=1S/C20H15BrN4OS/c1-12-2-4-13(5-3-12)16-10-27-20-18(16)19(22-11-23-20)25-24-9-14-6-7-15(21)8-17(14)26/h2-11,26H,1H3,(H,22,23,25)/b24-9+. The molecule has 0 saturated carbocycles. The largest absolute Gasteiger partial charge is 0.507 e. The van der Waals surface area contributed by atoms with Crippen molar-refractivity contribution in [3.05, 3.63) is 69.8 Å². The van der Waals surface area contributed by atoms with Crippen LogP contribution in [-0.4, -0.2) is 21.3 Å². The van der Waals surface area contributed by atoms with Crippen molar-refractivity contribution in [3.8, 4) is 16.9 Å². The molecule has 4 rings (SSSR count). The van der Waals surface area contributed by atoms with Crippen LogP contribution < -0.4 is 5.43 Å². The Kier molecular flexibility index (Phi) is 4.87. The van der Waals surface area contributed by atoms with Gasteiger partial charge in [0.25, 0.3) is 0 Å². The summed E-state index contributed by atoms with van der Waals surface area (Å²) in [6.45, 7) is 2.07. The normalized spacial score (nSPS) is 11.3. The number of phenolic OH excluding ortho intramolecular Hbond substituents is 1. The Labute approximate surface area is 168 Å². The van der Waals surface area contributed by atoms with Crippen molar-refractivity contribution < 1.29 is 5.11 Å². The Balaban J connectivity index is 1.68. The third kappa shape index (κ3) is 3.70. The van der Waals surface area contributed by atoms with Crippen LogP contribution in [0.15, 0.2) is 63.7 Å². The average molecular weight is 439 g/mol. The van der Waals surface area contributed by atoms with Crippen LogP contribution in [0.2, 0.25) is 0 Å². The van der Waals surface area contributed by atoms with E-state index in [1.165, 1.54) is 11.9 Å². The van der Waals surface area contributed by atoms with Gasteiger partial charge in [0, 0.05) is 21.0 Å². The number of aryl methyl sites for hydroxylation is 1. The van der Waals surface area contributed by atoms with Crippen LogP contribution in [0, 0.1) is 6.92 Å². The summed E-state index contributed by atoms with van der Waals surface area (Å²) >= 11 is 4.90. The summed E-state index contributed by atoms with van der Waals surface area (Å²) in [5.41, 5.74) is 6.99. The topological polar surface area (TPSA) is 70.4 Å². The summed E-state index contributed by atoms with van der Waals surface area (Å²) < 4.78 is 0.809. The van der Waals surface area contributed by atoms with Crippen molar-refractivity contribution in [2.24, 2.45) is 5.10 Å². The highest BCUT2D eigenvalue weighted by Gasteiger charge is 2.12. The quantitative estimate of drug-likeness (QED) is 0.322. The van der Waals surface area contributed by atoms with E-state index in [2.05, 4.69) is 73.0 Å². The van der Waals surface area contributed by atoms with E-state index in [0.29, 0.717) is 11.4 Å². The van der Waals surface area contributed by atoms with Gasteiger partial charge in [0.2, 0.25) is 0 Å². The van der Waals surface area contributed by atoms with Crippen LogP contribution in [0.5, 0.6) is 5.75 Å². The fraction of sp³-hybridized carbons (Fsp3) is 0.0500. The lowest BCUT2D eigenvalue weighted by Gasteiger charge is -2.05. The van der Waals surface area contributed by atoms with Gasteiger partial charge in [-0.05, 0) is 30.7 Å². The maximum Gasteiger partial charge on any atom is 0.159 e. The van der Waals surface area contributed by atoms with Crippen molar-refractivity contribution in [2.45, 2.75) is 6.92 Å². The van der Waals surface area contributed by atoms with Crippen molar-refractivity contribution in [1.29, 1.82) is 0 Å². The second-order valence-corrected chi connectivity index (χ2v) is 7.76. The Morgan fingerprint density at radius 3 is 2.74 bits per heavy atom. The molecule has 7 heteroatoms. The molecule has 0 aliphatic rings. The number of hydrogen-bond acceptors (Lipinski definition) is 6. The van der Waals surface area contributed by atoms with Gasteiger partial charge < -0.3 is 5.11 Å². The molecule has 0 amide bonds. The van der Waals surface area contributed by atoms with Crippen molar-refractivity contribution >= 4 is 49.5 Å². The number of nitrogens with zero attached hydrogens (tertiary/aromatic N) is 3. The molecular weight excluding hydrogens is 424 g/mol. The van der Waals surface area contributed by atoms with E-state index in [1.807, 2.05) is 6.07 Å². The Morgan fingerprint density at radius 2 is 1.96 bits per heavy atom. The lowest BCUT2D eigenvalue weighted by Crippen LogP contribution is -1.95. The van der Waals surface area contributed by atoms with E-state index < -0.39 is 0 Å². The molecule has 0 unspecified atom stereocenters. The molecule has 0 radical (unpaired) electrons. The number of nitrogens with one attached hydrogen (secondary N) is 1. The summed E-state index contributed by atoms with van der Waals surface area (Å²) in [6, 6.07) is 13.6. The first-order chi connectivity index (χ1) is 13.1. The molecule has 0 bridgehead atoms. The summed E-state index contributed by atoms with van der Waals surface area (Å²) in [5.74, 6) is 0.781. The van der Waals surface area contributed by atoms with Crippen molar-refractivity contribution in [3.63, 3.8) is 0 Å². The maximum atomic E-state index is 9.97. The highest BCUT2D eigenvalue weighted by atomic mass is 79.9. The van der Waals surface area contributed by atoms with Crippen LogP contribution in [0.1, 0.15) is 11.1 Å². The number of halogens is 1. The van der Waals surface area contributed by atoms with E-state index >= 15 is 0 Å². The Bertz CT molecular complexity index is 1140. The molecule has 2 N–H and O–H groups in total. The Morgan fingerprint density at radius 1 is 1.15 bits per heavy atom. The third-order valence-corrected chi connectivity index (χ3v) is 5.48. The van der Waals surface area contributed by atoms with Crippen LogP contribution in [0.3, 0.4) is 0 Å². The fourth-order valence-electron chi connectivity index (χ4n) is 2.69. The zero-order chi connectivity index (χ0) is 18.8. The minimum absolute atomic E-state index is 0.152. The van der Waals surface area contributed by atoms with Gasteiger partial charge in [-0.2, -0.15) is 5.10 Å². The van der Waals surface area contributed by atoms with Gasteiger partial charge in [-0.1, -0.05) is 45.8 Å². The number of anilines is 1. The first kappa shape index (κ1) is 17.6. The number of aromatic hydroxyl groups is 1. The van der Waals surface area contributed by atoms with Gasteiger partial charge in [0.05, 0.1) is 11.6 Å². The molecule has 0 atom stereocenters. The Hall–Kier alpha value is -2.77. The number of fused-ring (bicyclic) bond motifs is 1. The van der Waals surface area contributed by atoms with E-state index in [-0.39, 0.29) is 5.75 Å². The van der Waals surface area contributed by atoms with Crippen LogP contribution >= 0.6 is 27.3 Å². The van der Waals surface area contributed by atoms with Crippen LogP contribution in [-0.2, 0) is 0 Å². The summed E-state index contributed by atoms with van der Waals surface area (Å²) in [6.07, 6.45) is 3.08. The molecule has 2 aromatic heterocycles. The first-order valence-electron chi connectivity index (χ1n) is 8.18. The second-order valence-electron chi connectivity index (χ2n) is 5.99. The smallest absolute Gasteiger partial charge is 0.159 e. The predicted octanol–water partition coefficient (Wildman–Crippen LogP) is 5.58. The molecule has 4 aromatic rings. The number of thiophene rings is 1. The highest BCUT2D eigenvalue weighted by molar-refractivity contribution is 9.10. The minimum atomic E-state index is 0.152. The molecular formula is C20H15BrN4OS. The van der Waals surface area contributed by atoms with Crippen LogP contribution in [0.4, 0.5) is 5.82 Å². The van der Waals surface area contributed by atoms with E-state index in [1.54, 1.807) is 29.7 Å². The number of phenols is 1. The highest BCUT2D eigenvalue weighted by Crippen LogP contribution is 2.36. The maximum absolute atomic E-state index is 9.97. The van der Waals surface area contributed by atoms with Crippen molar-refractivity contribution in [1.82, 2.24) is 9.97 Å². The van der Waals surface area contributed by atoms with Gasteiger partial charge in [-0.3, -0.25) is 5.43 Å². The zero-order valence-electron chi connectivity index (χ0n) is 14.3. The van der Waals surface area contributed by atoms with E-state index in [9.17, 15) is 5.11 Å².